The Kier molecular flexibility index (Phi) is 3.49. The summed E-state index contributed by atoms with van der Waals surface area (Å²) in [5, 5.41) is 0. The number of nitrogens with zero attached hydrogens (tertiary/aromatic N) is 1. The maximum absolute atomic E-state index is 12.8. The van der Waals surface area contributed by atoms with Gasteiger partial charge in [0.1, 0.15) is 0 Å². The molecule has 0 unspecified atom stereocenters. The number of hydrogen-bond donors (Lipinski definition) is 1. The predicted octanol–water partition coefficient (Wildman–Crippen LogP) is 0.513. The highest BCUT2D eigenvalue weighted by Crippen LogP contribution is 2.40. The van der Waals surface area contributed by atoms with E-state index in [9.17, 15) is 18.0 Å². The van der Waals surface area contributed by atoms with Crippen LogP contribution in [0.4, 0.5) is 13.2 Å². The smallest absolute Gasteiger partial charge is 0.367 e. The van der Waals surface area contributed by atoms with E-state index in [1.807, 2.05) is 0 Å². The first-order valence-electron chi connectivity index (χ1n) is 4.90. The Labute approximate surface area is 91.5 Å². The molecule has 1 aliphatic heterocycles. The van der Waals surface area contributed by atoms with Gasteiger partial charge in [-0.05, 0) is 6.92 Å². The van der Waals surface area contributed by atoms with E-state index >= 15 is 0 Å². The Bertz CT molecular complexity index is 280. The monoisotopic (exact) mass is 240 g/mol. The number of carbonyl (C=O) groups is 1. The Morgan fingerprint density at radius 1 is 1.56 bits per heavy atom. The molecule has 0 spiro atoms. The van der Waals surface area contributed by atoms with Crippen LogP contribution in [0.1, 0.15) is 13.3 Å². The van der Waals surface area contributed by atoms with Crippen molar-refractivity contribution in [1.29, 1.82) is 0 Å². The van der Waals surface area contributed by atoms with E-state index in [1.54, 1.807) is 0 Å². The zero-order chi connectivity index (χ0) is 12.6. The van der Waals surface area contributed by atoms with E-state index in [4.69, 9.17) is 5.73 Å². The molecule has 94 valence electrons. The third-order valence-electron chi connectivity index (χ3n) is 2.84. The van der Waals surface area contributed by atoms with Crippen molar-refractivity contribution in [3.8, 4) is 0 Å². The standard InChI is InChI=1S/C9H15F3N2O2/c1-6(13)7(15)14-4-3-8(5-14,16-2)9(10,11)12/h6H,3-5,13H2,1-2H3/t6-,8-/m1/s1. The third kappa shape index (κ3) is 2.15. The summed E-state index contributed by atoms with van der Waals surface area (Å²) >= 11 is 0. The van der Waals surface area contributed by atoms with Crippen molar-refractivity contribution >= 4 is 5.91 Å². The van der Waals surface area contributed by atoms with Gasteiger partial charge in [-0.1, -0.05) is 0 Å². The van der Waals surface area contributed by atoms with Gasteiger partial charge in [-0.15, -0.1) is 0 Å². The first-order valence-corrected chi connectivity index (χ1v) is 4.90. The lowest BCUT2D eigenvalue weighted by atomic mass is 10.0. The molecule has 7 heteroatoms. The number of amides is 1. The van der Waals surface area contributed by atoms with Crippen LogP contribution in [0.15, 0.2) is 0 Å². The zero-order valence-electron chi connectivity index (χ0n) is 9.17. The molecule has 0 radical (unpaired) electrons. The molecule has 2 atom stereocenters. The second-order valence-corrected chi connectivity index (χ2v) is 3.99. The van der Waals surface area contributed by atoms with Crippen molar-refractivity contribution in [1.82, 2.24) is 4.90 Å². The first-order chi connectivity index (χ1) is 7.23. The minimum atomic E-state index is -4.48. The quantitative estimate of drug-likeness (QED) is 0.765. The molecular formula is C9H15F3N2O2. The van der Waals surface area contributed by atoms with Crippen LogP contribution in [0.25, 0.3) is 0 Å². The largest absolute Gasteiger partial charge is 0.419 e. The number of likely N-dealkylation sites (tertiary alicyclic amines) is 1. The lowest BCUT2D eigenvalue weighted by Gasteiger charge is -2.30. The maximum Gasteiger partial charge on any atom is 0.419 e. The van der Waals surface area contributed by atoms with Crippen LogP contribution in [-0.2, 0) is 9.53 Å². The van der Waals surface area contributed by atoms with Crippen LogP contribution < -0.4 is 5.73 Å². The van der Waals surface area contributed by atoms with Crippen molar-refractivity contribution in [2.75, 3.05) is 20.2 Å². The van der Waals surface area contributed by atoms with Gasteiger partial charge in [0.05, 0.1) is 12.6 Å². The summed E-state index contributed by atoms with van der Waals surface area (Å²) in [6.07, 6.45) is -4.72. The van der Waals surface area contributed by atoms with Crippen molar-refractivity contribution in [2.45, 2.75) is 31.2 Å². The van der Waals surface area contributed by atoms with Crippen LogP contribution in [-0.4, -0.2) is 48.8 Å². The molecule has 1 saturated heterocycles. The summed E-state index contributed by atoms with van der Waals surface area (Å²) in [4.78, 5) is 12.6. The molecule has 1 aliphatic rings. The number of carbonyl (C=O) groups excluding carboxylic acids is 1. The van der Waals surface area contributed by atoms with Gasteiger partial charge in [0.2, 0.25) is 5.91 Å². The van der Waals surface area contributed by atoms with E-state index in [-0.39, 0.29) is 13.0 Å². The van der Waals surface area contributed by atoms with Crippen LogP contribution in [0.3, 0.4) is 0 Å². The van der Waals surface area contributed by atoms with Crippen LogP contribution in [0, 0.1) is 0 Å². The minimum absolute atomic E-state index is 0.0216. The lowest BCUT2D eigenvalue weighted by Crippen LogP contribution is -2.51. The summed E-state index contributed by atoms with van der Waals surface area (Å²) in [5.41, 5.74) is 3.10. The van der Waals surface area contributed by atoms with Gasteiger partial charge in [-0.3, -0.25) is 4.79 Å². The molecule has 1 rings (SSSR count). The average Bonchev–Trinajstić information content (AvgIpc) is 2.60. The van der Waals surface area contributed by atoms with Gasteiger partial charge >= 0.3 is 6.18 Å². The van der Waals surface area contributed by atoms with Crippen LogP contribution >= 0.6 is 0 Å². The molecule has 0 saturated carbocycles. The molecule has 0 aromatic rings. The lowest BCUT2D eigenvalue weighted by molar-refractivity contribution is -0.263. The summed E-state index contributed by atoms with van der Waals surface area (Å²) in [7, 11) is 1.01. The molecule has 1 amide bonds. The Morgan fingerprint density at radius 3 is 2.44 bits per heavy atom. The number of hydrogen-bond acceptors (Lipinski definition) is 3. The number of nitrogens with two attached hydrogens (primary N) is 1. The van der Waals surface area contributed by atoms with Crippen LogP contribution in [0.2, 0.25) is 0 Å². The molecular weight excluding hydrogens is 225 g/mol. The molecule has 4 nitrogen and oxygen atoms in total. The van der Waals surface area contributed by atoms with Crippen molar-refractivity contribution in [3.63, 3.8) is 0 Å². The van der Waals surface area contributed by atoms with Gasteiger partial charge in [0.15, 0.2) is 5.60 Å². The summed E-state index contributed by atoms with van der Waals surface area (Å²) < 4.78 is 42.8. The summed E-state index contributed by atoms with van der Waals surface area (Å²) in [6, 6.07) is -0.791. The third-order valence-corrected chi connectivity index (χ3v) is 2.84. The summed E-state index contributed by atoms with van der Waals surface area (Å²) in [5.74, 6) is -0.483. The Balaban J connectivity index is 2.80. The number of ether oxygens (including phenoxy) is 1. The highest BCUT2D eigenvalue weighted by molar-refractivity contribution is 5.81. The SMILES string of the molecule is CO[C@]1(C(F)(F)F)CCN(C(=O)[C@@H](C)N)C1. The second kappa shape index (κ2) is 4.21. The Hall–Kier alpha value is -0.820. The molecule has 0 bridgehead atoms. The number of alkyl halides is 3. The molecule has 0 aromatic carbocycles. The summed E-state index contributed by atoms with van der Waals surface area (Å²) in [6.45, 7) is 0.990. The van der Waals surface area contributed by atoms with Gasteiger partial charge in [0, 0.05) is 20.1 Å². The van der Waals surface area contributed by atoms with Crippen molar-refractivity contribution < 1.29 is 22.7 Å². The molecule has 1 fully saturated rings. The predicted molar refractivity (Wildman–Crippen MR) is 50.6 cm³/mol. The molecule has 0 aliphatic carbocycles. The van der Waals surface area contributed by atoms with Crippen molar-refractivity contribution in [2.24, 2.45) is 5.73 Å². The topological polar surface area (TPSA) is 55.6 Å². The van der Waals surface area contributed by atoms with Crippen molar-refractivity contribution in [3.05, 3.63) is 0 Å². The van der Waals surface area contributed by atoms with E-state index in [0.717, 1.165) is 12.0 Å². The van der Waals surface area contributed by atoms with Gasteiger partial charge in [-0.2, -0.15) is 13.2 Å². The van der Waals surface area contributed by atoms with Crippen LogP contribution in [0.5, 0.6) is 0 Å². The normalized spacial score (nSPS) is 28.2. The van der Waals surface area contributed by atoms with E-state index < -0.39 is 30.3 Å². The van der Waals surface area contributed by atoms with E-state index in [2.05, 4.69) is 4.74 Å². The van der Waals surface area contributed by atoms with E-state index in [1.165, 1.54) is 6.92 Å². The average molecular weight is 240 g/mol. The highest BCUT2D eigenvalue weighted by atomic mass is 19.4. The van der Waals surface area contributed by atoms with Gasteiger partial charge in [-0.25, -0.2) is 0 Å². The van der Waals surface area contributed by atoms with Gasteiger partial charge in [0.25, 0.3) is 0 Å². The molecule has 1 heterocycles. The number of rotatable bonds is 2. The Morgan fingerprint density at radius 2 is 2.12 bits per heavy atom. The number of methoxy groups -OCH3 is 1. The first kappa shape index (κ1) is 13.2. The second-order valence-electron chi connectivity index (χ2n) is 3.99. The highest BCUT2D eigenvalue weighted by Gasteiger charge is 2.59. The zero-order valence-corrected chi connectivity index (χ0v) is 9.17. The molecule has 2 N–H and O–H groups in total. The fourth-order valence-electron chi connectivity index (χ4n) is 1.77. The van der Waals surface area contributed by atoms with Gasteiger partial charge < -0.3 is 15.4 Å². The number of halogens is 3. The fourth-order valence-corrected chi connectivity index (χ4v) is 1.77. The molecule has 0 aromatic heterocycles. The molecule has 16 heavy (non-hydrogen) atoms. The maximum atomic E-state index is 12.8. The van der Waals surface area contributed by atoms with E-state index in [0.29, 0.717) is 0 Å². The fraction of sp³-hybridized carbons (Fsp3) is 0.889. The minimum Gasteiger partial charge on any atom is -0.367 e.